The lowest BCUT2D eigenvalue weighted by atomic mass is 9.89. The van der Waals surface area contributed by atoms with Gasteiger partial charge in [-0.25, -0.2) is 4.98 Å². The van der Waals surface area contributed by atoms with E-state index < -0.39 is 11.8 Å². The van der Waals surface area contributed by atoms with Gasteiger partial charge in [-0.2, -0.15) is 5.26 Å². The van der Waals surface area contributed by atoms with Crippen molar-refractivity contribution in [2.45, 2.75) is 45.2 Å². The van der Waals surface area contributed by atoms with Crippen LogP contribution in [-0.2, 0) is 20.9 Å². The topological polar surface area (TPSA) is 106 Å². The van der Waals surface area contributed by atoms with Crippen molar-refractivity contribution in [1.82, 2.24) is 20.1 Å². The van der Waals surface area contributed by atoms with Crippen molar-refractivity contribution in [3.05, 3.63) is 40.2 Å². The first-order valence-corrected chi connectivity index (χ1v) is 12.2. The predicted octanol–water partition coefficient (Wildman–Crippen LogP) is 2.79. The van der Waals surface area contributed by atoms with Gasteiger partial charge in [-0.3, -0.25) is 14.4 Å². The van der Waals surface area contributed by atoms with Gasteiger partial charge in [-0.15, -0.1) is 11.3 Å². The van der Waals surface area contributed by atoms with Crippen LogP contribution in [0.2, 0.25) is 0 Å². The molecule has 2 saturated heterocycles. The second-order valence-corrected chi connectivity index (χ2v) is 9.46. The average molecular weight is 468 g/mol. The Bertz CT molecular complexity index is 1080. The second kappa shape index (κ2) is 10.1. The molecule has 2 aromatic rings. The van der Waals surface area contributed by atoms with Gasteiger partial charge in [-0.05, 0) is 44.7 Å². The van der Waals surface area contributed by atoms with Crippen molar-refractivity contribution in [3.63, 3.8) is 0 Å². The number of aromatic nitrogens is 1. The maximum absolute atomic E-state index is 12.9. The van der Waals surface area contributed by atoms with Crippen LogP contribution in [0.5, 0.6) is 0 Å². The number of nitrogens with zero attached hydrogens (tertiary/aromatic N) is 4. The van der Waals surface area contributed by atoms with E-state index in [1.54, 1.807) is 21.9 Å². The molecular formula is C24H29N5O3S. The number of rotatable bonds is 4. The Kier molecular flexibility index (Phi) is 7.04. The molecule has 2 fully saturated rings. The fraction of sp³-hybridized carbons (Fsp3) is 0.458. The summed E-state index contributed by atoms with van der Waals surface area (Å²) in [6, 6.07) is 8.98. The van der Waals surface area contributed by atoms with Crippen LogP contribution in [-0.4, -0.2) is 58.2 Å². The molecule has 1 aromatic carbocycles. The fourth-order valence-electron chi connectivity index (χ4n) is 4.49. The van der Waals surface area contributed by atoms with Gasteiger partial charge in [0.05, 0.1) is 29.8 Å². The van der Waals surface area contributed by atoms with Crippen LogP contribution in [0.15, 0.2) is 29.6 Å². The molecule has 2 aliphatic heterocycles. The molecule has 9 heteroatoms. The number of hydrogen-bond acceptors (Lipinski definition) is 6. The summed E-state index contributed by atoms with van der Waals surface area (Å²) in [5, 5.41) is 14.6. The first-order valence-electron chi connectivity index (χ1n) is 11.3. The number of benzene rings is 1. The first kappa shape index (κ1) is 22.9. The van der Waals surface area contributed by atoms with Gasteiger partial charge in [0.1, 0.15) is 5.01 Å². The standard InChI is InChI=1S/C24H27N5O3S.H2/c1-16-19(5-4-12-29(16)24(32)23(31)28-10-2-3-11-28)22(30)26-14-21-27-20(15-33-21)18-8-6-17(13-25)7-9-18;/h6-9,15-16,19H,2-5,10-12,14H2,1H3,(H,26,30);1H/t16-,19-;/m0./s1. The Morgan fingerprint density at radius 2 is 1.88 bits per heavy atom. The molecule has 4 rings (SSSR count). The monoisotopic (exact) mass is 467 g/mol. The molecule has 1 aromatic heterocycles. The maximum atomic E-state index is 12.9. The van der Waals surface area contributed by atoms with Gasteiger partial charge < -0.3 is 15.1 Å². The lowest BCUT2D eigenvalue weighted by Crippen LogP contribution is -2.55. The smallest absolute Gasteiger partial charge is 0.312 e. The zero-order valence-electron chi connectivity index (χ0n) is 18.6. The highest BCUT2D eigenvalue weighted by molar-refractivity contribution is 7.09. The Balaban J connectivity index is 0.00000324. The number of likely N-dealkylation sites (tertiary alicyclic amines) is 2. The largest absolute Gasteiger partial charge is 0.349 e. The molecule has 3 heterocycles. The summed E-state index contributed by atoms with van der Waals surface area (Å²) in [5.74, 6) is -1.41. The van der Waals surface area contributed by atoms with Crippen molar-refractivity contribution in [3.8, 4) is 17.3 Å². The van der Waals surface area contributed by atoms with E-state index >= 15 is 0 Å². The third kappa shape index (κ3) is 5.06. The van der Waals surface area contributed by atoms with Crippen LogP contribution in [0.3, 0.4) is 0 Å². The van der Waals surface area contributed by atoms with Crippen molar-refractivity contribution in [2.75, 3.05) is 19.6 Å². The third-order valence-corrected chi connectivity index (χ3v) is 7.29. The molecule has 2 atom stereocenters. The van der Waals surface area contributed by atoms with E-state index in [2.05, 4.69) is 16.4 Å². The second-order valence-electron chi connectivity index (χ2n) is 8.52. The van der Waals surface area contributed by atoms with Crippen LogP contribution in [0.25, 0.3) is 11.3 Å². The quantitative estimate of drug-likeness (QED) is 0.696. The molecule has 0 spiro atoms. The highest BCUT2D eigenvalue weighted by atomic mass is 32.1. The van der Waals surface area contributed by atoms with E-state index in [0.29, 0.717) is 44.6 Å². The van der Waals surface area contributed by atoms with Gasteiger partial charge in [0.2, 0.25) is 5.91 Å². The summed E-state index contributed by atoms with van der Waals surface area (Å²) < 4.78 is 0. The minimum absolute atomic E-state index is 0. The molecule has 33 heavy (non-hydrogen) atoms. The summed E-state index contributed by atoms with van der Waals surface area (Å²) in [5.41, 5.74) is 2.32. The van der Waals surface area contributed by atoms with Gasteiger partial charge in [0.15, 0.2) is 0 Å². The number of carbonyl (C=O) groups excluding carboxylic acids is 3. The van der Waals surface area contributed by atoms with E-state index in [1.165, 1.54) is 11.3 Å². The molecule has 1 N–H and O–H groups in total. The number of hydrogen-bond donors (Lipinski definition) is 1. The number of thiazole rings is 1. The van der Waals surface area contributed by atoms with Crippen LogP contribution in [0, 0.1) is 17.2 Å². The van der Waals surface area contributed by atoms with Crippen LogP contribution >= 0.6 is 11.3 Å². The first-order chi connectivity index (χ1) is 16.0. The Labute approximate surface area is 198 Å². The molecular weight excluding hydrogens is 438 g/mol. The van der Waals surface area contributed by atoms with Gasteiger partial charge in [-0.1, -0.05) is 12.1 Å². The van der Waals surface area contributed by atoms with Crippen LogP contribution < -0.4 is 5.32 Å². The van der Waals surface area contributed by atoms with Crippen molar-refractivity contribution in [1.29, 1.82) is 5.26 Å². The number of nitriles is 1. The molecule has 0 radical (unpaired) electrons. The summed E-state index contributed by atoms with van der Waals surface area (Å²) >= 11 is 1.46. The molecule has 2 aliphatic rings. The van der Waals surface area contributed by atoms with E-state index in [9.17, 15) is 14.4 Å². The van der Waals surface area contributed by atoms with Crippen LogP contribution in [0.1, 0.15) is 44.6 Å². The van der Waals surface area contributed by atoms with E-state index in [4.69, 9.17) is 5.26 Å². The van der Waals surface area contributed by atoms with Crippen molar-refractivity contribution < 1.29 is 15.8 Å². The number of nitrogens with one attached hydrogen (secondary N) is 1. The zero-order valence-corrected chi connectivity index (χ0v) is 19.4. The van der Waals surface area contributed by atoms with Crippen molar-refractivity contribution in [2.24, 2.45) is 5.92 Å². The van der Waals surface area contributed by atoms with Crippen molar-refractivity contribution >= 4 is 29.1 Å². The van der Waals surface area contributed by atoms with Gasteiger partial charge >= 0.3 is 11.8 Å². The predicted molar refractivity (Wildman–Crippen MR) is 126 cm³/mol. The zero-order chi connectivity index (χ0) is 23.4. The number of carbonyl (C=O) groups is 3. The lowest BCUT2D eigenvalue weighted by Gasteiger charge is -2.38. The summed E-state index contributed by atoms with van der Waals surface area (Å²) in [6.07, 6.45) is 3.25. The lowest BCUT2D eigenvalue weighted by molar-refractivity contribution is -0.155. The maximum Gasteiger partial charge on any atom is 0.312 e. The minimum Gasteiger partial charge on any atom is -0.349 e. The summed E-state index contributed by atoms with van der Waals surface area (Å²) in [6.45, 7) is 3.93. The fourth-order valence-corrected chi connectivity index (χ4v) is 5.24. The molecule has 0 saturated carbocycles. The Morgan fingerprint density at radius 1 is 1.15 bits per heavy atom. The summed E-state index contributed by atoms with van der Waals surface area (Å²) in [4.78, 5) is 46.0. The molecule has 0 unspecified atom stereocenters. The van der Waals surface area contributed by atoms with Gasteiger partial charge in [0, 0.05) is 38.0 Å². The van der Waals surface area contributed by atoms with E-state index in [-0.39, 0.29) is 19.3 Å². The molecule has 174 valence electrons. The summed E-state index contributed by atoms with van der Waals surface area (Å²) in [7, 11) is 0. The molecule has 0 bridgehead atoms. The Morgan fingerprint density at radius 3 is 2.58 bits per heavy atom. The molecule has 8 nitrogen and oxygen atoms in total. The van der Waals surface area contributed by atoms with E-state index in [0.717, 1.165) is 29.1 Å². The normalized spacial score (nSPS) is 20.4. The number of piperidine rings is 1. The minimum atomic E-state index is -0.492. The third-order valence-electron chi connectivity index (χ3n) is 6.44. The SMILES string of the molecule is C[C@H]1[C@@H](C(=O)NCc2nc(-c3ccc(C#N)cc3)cs2)CCCN1C(=O)C(=O)N1CCCC1.[HH]. The number of amides is 3. The molecule has 0 aliphatic carbocycles. The molecule has 3 amide bonds. The highest BCUT2D eigenvalue weighted by Crippen LogP contribution is 2.26. The van der Waals surface area contributed by atoms with Crippen LogP contribution in [0.4, 0.5) is 0 Å². The van der Waals surface area contributed by atoms with E-state index in [1.807, 2.05) is 24.4 Å². The van der Waals surface area contributed by atoms with Gasteiger partial charge in [0.25, 0.3) is 0 Å². The highest BCUT2D eigenvalue weighted by Gasteiger charge is 2.39. The Hall–Kier alpha value is -3.25. The average Bonchev–Trinajstić information content (AvgIpc) is 3.54.